The summed E-state index contributed by atoms with van der Waals surface area (Å²) < 4.78 is 1.91. The van der Waals surface area contributed by atoms with Crippen molar-refractivity contribution in [1.82, 2.24) is 30.0 Å². The minimum absolute atomic E-state index is 0.0588. The Kier molecular flexibility index (Phi) is 4.10. The maximum atomic E-state index is 12.4. The van der Waals surface area contributed by atoms with Gasteiger partial charge in [-0.1, -0.05) is 13.8 Å². The van der Waals surface area contributed by atoms with E-state index in [0.29, 0.717) is 12.2 Å². The fraction of sp³-hybridized carbons (Fsp3) is 0.375. The number of carbonyl (C=O) groups excluding carboxylic acids is 1. The van der Waals surface area contributed by atoms with Crippen molar-refractivity contribution in [3.63, 3.8) is 0 Å². The predicted molar refractivity (Wildman–Crippen MR) is 86.8 cm³/mol. The van der Waals surface area contributed by atoms with Crippen LogP contribution in [0, 0.1) is 0 Å². The van der Waals surface area contributed by atoms with E-state index >= 15 is 0 Å². The fourth-order valence-corrected chi connectivity index (χ4v) is 2.59. The van der Waals surface area contributed by atoms with Gasteiger partial charge in [-0.2, -0.15) is 5.10 Å². The summed E-state index contributed by atoms with van der Waals surface area (Å²) in [5.74, 6) is 1.11. The molecule has 0 spiro atoms. The second-order valence-corrected chi connectivity index (χ2v) is 5.82. The molecule has 120 valence electrons. The smallest absolute Gasteiger partial charge is 0.243 e. The molecule has 0 aliphatic carbocycles. The topological polar surface area (TPSA) is 88.5 Å². The zero-order valence-electron chi connectivity index (χ0n) is 13.4. The highest BCUT2D eigenvalue weighted by Gasteiger charge is 2.19. The summed E-state index contributed by atoms with van der Waals surface area (Å²) in [5, 5.41) is 10.9. The molecule has 0 fully saturated rings. The van der Waals surface area contributed by atoms with Crippen molar-refractivity contribution < 1.29 is 4.79 Å². The van der Waals surface area contributed by atoms with Crippen LogP contribution in [-0.2, 0) is 11.3 Å². The SMILES string of the molecule is CC(C)c1nccn1C(C)C(=O)NCc1[nH]nc2ncccc12. The van der Waals surface area contributed by atoms with Crippen molar-refractivity contribution in [2.75, 3.05) is 0 Å². The van der Waals surface area contributed by atoms with E-state index in [1.54, 1.807) is 12.4 Å². The summed E-state index contributed by atoms with van der Waals surface area (Å²) in [4.78, 5) is 20.9. The number of imidazole rings is 1. The van der Waals surface area contributed by atoms with Crippen molar-refractivity contribution >= 4 is 16.9 Å². The number of pyridine rings is 1. The first-order valence-corrected chi connectivity index (χ1v) is 7.66. The van der Waals surface area contributed by atoms with E-state index in [1.165, 1.54) is 0 Å². The number of carbonyl (C=O) groups is 1. The number of aromatic nitrogens is 5. The number of hydrogen-bond acceptors (Lipinski definition) is 4. The zero-order valence-corrected chi connectivity index (χ0v) is 13.4. The lowest BCUT2D eigenvalue weighted by Gasteiger charge is -2.17. The second kappa shape index (κ2) is 6.20. The molecule has 23 heavy (non-hydrogen) atoms. The molecule has 0 saturated heterocycles. The molecule has 3 heterocycles. The number of fused-ring (bicyclic) bond motifs is 1. The largest absolute Gasteiger partial charge is 0.349 e. The molecule has 3 aromatic heterocycles. The van der Waals surface area contributed by atoms with E-state index in [4.69, 9.17) is 0 Å². The number of amides is 1. The lowest BCUT2D eigenvalue weighted by Crippen LogP contribution is -2.31. The predicted octanol–water partition coefficient (Wildman–Crippen LogP) is 2.16. The van der Waals surface area contributed by atoms with Gasteiger partial charge in [0.05, 0.1) is 12.2 Å². The minimum Gasteiger partial charge on any atom is -0.349 e. The van der Waals surface area contributed by atoms with E-state index in [2.05, 4.69) is 39.3 Å². The van der Waals surface area contributed by atoms with E-state index in [1.807, 2.05) is 29.8 Å². The molecule has 0 saturated carbocycles. The van der Waals surface area contributed by atoms with Crippen LogP contribution in [0.1, 0.15) is 44.2 Å². The molecular formula is C16H20N6O. The molecule has 3 rings (SSSR count). The Morgan fingerprint density at radius 2 is 2.13 bits per heavy atom. The number of aromatic amines is 1. The Morgan fingerprint density at radius 3 is 2.91 bits per heavy atom. The first kappa shape index (κ1) is 15.2. The van der Waals surface area contributed by atoms with Crippen molar-refractivity contribution in [3.8, 4) is 0 Å². The van der Waals surface area contributed by atoms with Crippen LogP contribution < -0.4 is 5.32 Å². The molecule has 1 unspecified atom stereocenters. The normalized spacial score (nSPS) is 12.7. The first-order chi connectivity index (χ1) is 11.1. The Hall–Kier alpha value is -2.70. The van der Waals surface area contributed by atoms with Crippen LogP contribution in [0.25, 0.3) is 11.0 Å². The highest BCUT2D eigenvalue weighted by Crippen LogP contribution is 2.18. The Labute approximate surface area is 134 Å². The molecular weight excluding hydrogens is 292 g/mol. The van der Waals surface area contributed by atoms with Crippen molar-refractivity contribution in [1.29, 1.82) is 0 Å². The maximum absolute atomic E-state index is 12.4. The molecule has 1 atom stereocenters. The molecule has 2 N–H and O–H groups in total. The van der Waals surface area contributed by atoms with E-state index in [-0.39, 0.29) is 17.9 Å². The number of nitrogens with zero attached hydrogens (tertiary/aromatic N) is 4. The van der Waals surface area contributed by atoms with Gasteiger partial charge in [0, 0.05) is 29.9 Å². The summed E-state index contributed by atoms with van der Waals surface area (Å²) in [7, 11) is 0. The van der Waals surface area contributed by atoms with Crippen LogP contribution in [0.15, 0.2) is 30.7 Å². The van der Waals surface area contributed by atoms with E-state index in [0.717, 1.165) is 16.9 Å². The number of hydrogen-bond donors (Lipinski definition) is 2. The van der Waals surface area contributed by atoms with Crippen LogP contribution >= 0.6 is 0 Å². The van der Waals surface area contributed by atoms with Gasteiger partial charge in [0.1, 0.15) is 11.9 Å². The third-order valence-corrected chi connectivity index (χ3v) is 3.86. The Morgan fingerprint density at radius 1 is 1.30 bits per heavy atom. The van der Waals surface area contributed by atoms with Gasteiger partial charge in [0.15, 0.2) is 5.65 Å². The first-order valence-electron chi connectivity index (χ1n) is 7.66. The number of rotatable bonds is 5. The van der Waals surface area contributed by atoms with Gasteiger partial charge in [0.2, 0.25) is 5.91 Å². The van der Waals surface area contributed by atoms with Crippen molar-refractivity contribution in [2.24, 2.45) is 0 Å². The molecule has 7 nitrogen and oxygen atoms in total. The van der Waals surface area contributed by atoms with Gasteiger partial charge in [0.25, 0.3) is 0 Å². The average Bonchev–Trinajstić information content (AvgIpc) is 3.19. The molecule has 1 amide bonds. The summed E-state index contributed by atoms with van der Waals surface area (Å²) >= 11 is 0. The fourth-order valence-electron chi connectivity index (χ4n) is 2.59. The molecule has 3 aromatic rings. The third-order valence-electron chi connectivity index (χ3n) is 3.86. The van der Waals surface area contributed by atoms with Gasteiger partial charge >= 0.3 is 0 Å². The quantitative estimate of drug-likeness (QED) is 0.755. The molecule has 0 aliphatic heterocycles. The minimum atomic E-state index is -0.317. The van der Waals surface area contributed by atoms with Crippen LogP contribution in [0.3, 0.4) is 0 Å². The lowest BCUT2D eigenvalue weighted by molar-refractivity contribution is -0.124. The Bertz CT molecular complexity index is 819. The third kappa shape index (κ3) is 2.94. The second-order valence-electron chi connectivity index (χ2n) is 5.82. The van der Waals surface area contributed by atoms with Crippen LogP contribution in [-0.4, -0.2) is 30.6 Å². The number of H-pyrrole nitrogens is 1. The van der Waals surface area contributed by atoms with Crippen LogP contribution in [0.4, 0.5) is 0 Å². The molecule has 0 radical (unpaired) electrons. The van der Waals surface area contributed by atoms with Gasteiger partial charge in [-0.15, -0.1) is 0 Å². The zero-order chi connectivity index (χ0) is 16.4. The molecule has 0 bridgehead atoms. The van der Waals surface area contributed by atoms with Gasteiger partial charge in [-0.25, -0.2) is 9.97 Å². The van der Waals surface area contributed by atoms with E-state index < -0.39 is 0 Å². The van der Waals surface area contributed by atoms with Gasteiger partial charge in [-0.05, 0) is 19.1 Å². The standard InChI is InChI=1S/C16H20N6O/c1-10(2)15-18-7-8-22(15)11(3)16(23)19-9-13-12-5-4-6-17-14(12)21-20-13/h4-8,10-11H,9H2,1-3H3,(H,19,23)(H,17,20,21). The molecule has 0 aliphatic rings. The lowest BCUT2D eigenvalue weighted by atomic mass is 10.2. The number of nitrogens with one attached hydrogen (secondary N) is 2. The summed E-state index contributed by atoms with van der Waals surface area (Å²) in [6.07, 6.45) is 5.27. The molecule has 7 heteroatoms. The highest BCUT2D eigenvalue weighted by molar-refractivity contribution is 5.81. The van der Waals surface area contributed by atoms with Crippen LogP contribution in [0.5, 0.6) is 0 Å². The maximum Gasteiger partial charge on any atom is 0.243 e. The van der Waals surface area contributed by atoms with Gasteiger partial charge < -0.3 is 9.88 Å². The van der Waals surface area contributed by atoms with Gasteiger partial charge in [-0.3, -0.25) is 9.89 Å². The summed E-state index contributed by atoms with van der Waals surface area (Å²) in [6.45, 7) is 6.38. The van der Waals surface area contributed by atoms with Crippen molar-refractivity contribution in [2.45, 2.75) is 39.3 Å². The van der Waals surface area contributed by atoms with Crippen molar-refractivity contribution in [3.05, 3.63) is 42.2 Å². The highest BCUT2D eigenvalue weighted by atomic mass is 16.2. The van der Waals surface area contributed by atoms with Crippen LogP contribution in [0.2, 0.25) is 0 Å². The van der Waals surface area contributed by atoms with E-state index in [9.17, 15) is 4.79 Å². The monoisotopic (exact) mass is 312 g/mol. The molecule has 0 aromatic carbocycles. The average molecular weight is 312 g/mol. The summed E-state index contributed by atoms with van der Waals surface area (Å²) in [5.41, 5.74) is 1.50. The Balaban J connectivity index is 1.70. The summed E-state index contributed by atoms with van der Waals surface area (Å²) in [6, 6.07) is 3.47.